The minimum absolute atomic E-state index is 0.0280. The van der Waals surface area contributed by atoms with Crippen LogP contribution in [0.15, 0.2) is 30.3 Å². The molecule has 34 heavy (non-hydrogen) atoms. The summed E-state index contributed by atoms with van der Waals surface area (Å²) in [5, 5.41) is 49.8. The summed E-state index contributed by atoms with van der Waals surface area (Å²) in [6.07, 6.45) is -8.30. The summed E-state index contributed by atoms with van der Waals surface area (Å²) in [5.74, 6) is 0.241. The molecule has 6 unspecified atom stereocenters. The number of ketones is 1. The van der Waals surface area contributed by atoms with Gasteiger partial charge < -0.3 is 49.2 Å². The van der Waals surface area contributed by atoms with Crippen LogP contribution < -0.4 is 18.9 Å². The molecular formula is C23H26O11. The molecule has 11 nitrogen and oxygen atoms in total. The molecule has 2 aromatic carbocycles. The number of hydrogen-bond donors (Lipinski definition) is 5. The molecule has 0 aromatic heterocycles. The Kier molecular flexibility index (Phi) is 6.82. The number of ether oxygens (including phenoxy) is 5. The van der Waals surface area contributed by atoms with Gasteiger partial charge >= 0.3 is 0 Å². The molecule has 1 saturated heterocycles. The van der Waals surface area contributed by atoms with Crippen molar-refractivity contribution in [3.8, 4) is 28.7 Å². The van der Waals surface area contributed by atoms with Crippen LogP contribution in [0.3, 0.4) is 0 Å². The second-order valence-corrected chi connectivity index (χ2v) is 7.98. The van der Waals surface area contributed by atoms with E-state index in [2.05, 4.69) is 0 Å². The molecule has 4 rings (SSSR count). The Hall–Kier alpha value is -3.09. The second-order valence-electron chi connectivity index (χ2n) is 7.98. The van der Waals surface area contributed by atoms with Crippen molar-refractivity contribution in [2.24, 2.45) is 0 Å². The highest BCUT2D eigenvalue weighted by molar-refractivity contribution is 6.03. The fourth-order valence-corrected chi connectivity index (χ4v) is 3.99. The number of phenolic OH excluding ortho intramolecular Hbond substituents is 1. The largest absolute Gasteiger partial charge is 0.504 e. The van der Waals surface area contributed by atoms with Gasteiger partial charge in [-0.1, -0.05) is 6.07 Å². The Morgan fingerprint density at radius 2 is 1.76 bits per heavy atom. The van der Waals surface area contributed by atoms with Crippen LogP contribution in [-0.2, 0) is 4.74 Å². The summed E-state index contributed by atoms with van der Waals surface area (Å²) in [6, 6.07) is 7.59. The molecule has 0 saturated carbocycles. The van der Waals surface area contributed by atoms with E-state index < -0.39 is 43.4 Å². The number of Topliss-reactive ketones (excluding diaryl/α,β-unsaturated/α-hetero) is 1. The fourth-order valence-electron chi connectivity index (χ4n) is 3.99. The lowest BCUT2D eigenvalue weighted by Crippen LogP contribution is -2.60. The number of carbonyl (C=O) groups is 1. The lowest BCUT2D eigenvalue weighted by atomic mass is 9.95. The van der Waals surface area contributed by atoms with E-state index in [-0.39, 0.29) is 46.5 Å². The predicted molar refractivity (Wildman–Crippen MR) is 114 cm³/mol. The first-order valence-electron chi connectivity index (χ1n) is 10.5. The van der Waals surface area contributed by atoms with E-state index in [1.54, 1.807) is 12.1 Å². The second kappa shape index (κ2) is 9.65. The lowest BCUT2D eigenvalue weighted by Gasteiger charge is -2.40. The van der Waals surface area contributed by atoms with Gasteiger partial charge in [0.2, 0.25) is 6.29 Å². The monoisotopic (exact) mass is 478 g/mol. The van der Waals surface area contributed by atoms with Crippen molar-refractivity contribution in [3.05, 3.63) is 41.5 Å². The number of aliphatic hydroxyl groups is 4. The summed E-state index contributed by atoms with van der Waals surface area (Å²) in [5.41, 5.74) is 0.628. The van der Waals surface area contributed by atoms with Crippen LogP contribution in [-0.4, -0.2) is 82.8 Å². The molecule has 0 aliphatic carbocycles. The third-order valence-corrected chi connectivity index (χ3v) is 5.86. The first kappa shape index (κ1) is 24.0. The molecular weight excluding hydrogens is 452 g/mol. The quantitative estimate of drug-likeness (QED) is 0.388. The van der Waals surface area contributed by atoms with E-state index in [4.69, 9.17) is 23.7 Å². The number of methoxy groups -OCH3 is 2. The number of benzene rings is 2. The zero-order valence-corrected chi connectivity index (χ0v) is 18.5. The minimum atomic E-state index is -1.66. The standard InChI is InChI=1S/C23H26O11/c1-30-11-6-16-19(13(26)8-15(32-16)10-3-4-14(31-2)12(25)5-10)17(7-11)33-23-22(29)21(28)20(27)18(9-24)34-23/h3-7,15,18,20-25,27-29H,8-9H2,1-2H3. The van der Waals surface area contributed by atoms with E-state index in [0.717, 1.165) is 0 Å². The maximum absolute atomic E-state index is 13.1. The molecule has 0 spiro atoms. The topological polar surface area (TPSA) is 164 Å². The molecule has 2 aliphatic heterocycles. The van der Waals surface area contributed by atoms with Gasteiger partial charge in [-0.3, -0.25) is 4.79 Å². The zero-order valence-electron chi connectivity index (χ0n) is 18.5. The maximum atomic E-state index is 13.1. The molecule has 2 aliphatic rings. The van der Waals surface area contributed by atoms with Crippen LogP contribution in [0.2, 0.25) is 0 Å². The van der Waals surface area contributed by atoms with E-state index in [1.165, 1.54) is 32.4 Å². The van der Waals surface area contributed by atoms with Gasteiger partial charge in [-0.2, -0.15) is 0 Å². The first-order chi connectivity index (χ1) is 16.3. The fraction of sp³-hybridized carbons (Fsp3) is 0.435. The van der Waals surface area contributed by atoms with Crippen molar-refractivity contribution in [2.75, 3.05) is 20.8 Å². The number of rotatable bonds is 6. The number of phenols is 1. The van der Waals surface area contributed by atoms with E-state index in [0.29, 0.717) is 5.56 Å². The highest BCUT2D eigenvalue weighted by Gasteiger charge is 2.45. The normalized spacial score (nSPS) is 28.6. The summed E-state index contributed by atoms with van der Waals surface area (Å²) in [6.45, 7) is -0.626. The Morgan fingerprint density at radius 3 is 2.41 bits per heavy atom. The Morgan fingerprint density at radius 1 is 1.00 bits per heavy atom. The van der Waals surface area contributed by atoms with Crippen molar-refractivity contribution >= 4 is 5.78 Å². The molecule has 6 atom stereocenters. The highest BCUT2D eigenvalue weighted by Crippen LogP contribution is 2.44. The predicted octanol–water partition coefficient (Wildman–Crippen LogP) is 0.295. The van der Waals surface area contributed by atoms with Crippen molar-refractivity contribution in [1.29, 1.82) is 0 Å². The Labute approximate surface area is 194 Å². The van der Waals surface area contributed by atoms with Gasteiger partial charge in [0.1, 0.15) is 53.3 Å². The van der Waals surface area contributed by atoms with Gasteiger partial charge in [0.25, 0.3) is 0 Å². The molecule has 1 fully saturated rings. The molecule has 11 heteroatoms. The summed E-state index contributed by atoms with van der Waals surface area (Å²) in [7, 11) is 2.83. The van der Waals surface area contributed by atoms with Gasteiger partial charge in [0.15, 0.2) is 17.3 Å². The number of hydrogen-bond acceptors (Lipinski definition) is 11. The Bertz CT molecular complexity index is 1050. The maximum Gasteiger partial charge on any atom is 0.229 e. The van der Waals surface area contributed by atoms with Crippen molar-refractivity contribution < 1.29 is 54.0 Å². The van der Waals surface area contributed by atoms with Crippen LogP contribution in [0.4, 0.5) is 0 Å². The number of aromatic hydroxyl groups is 1. The molecule has 0 amide bonds. The van der Waals surface area contributed by atoms with Crippen LogP contribution >= 0.6 is 0 Å². The minimum Gasteiger partial charge on any atom is -0.504 e. The van der Waals surface area contributed by atoms with Crippen molar-refractivity contribution in [3.63, 3.8) is 0 Å². The van der Waals surface area contributed by atoms with Gasteiger partial charge in [0, 0.05) is 12.1 Å². The van der Waals surface area contributed by atoms with Gasteiger partial charge in [-0.15, -0.1) is 0 Å². The van der Waals surface area contributed by atoms with Crippen LogP contribution in [0, 0.1) is 0 Å². The summed E-state index contributed by atoms with van der Waals surface area (Å²) in [4.78, 5) is 13.1. The molecule has 2 aromatic rings. The molecule has 2 heterocycles. The average Bonchev–Trinajstić information content (AvgIpc) is 2.83. The summed E-state index contributed by atoms with van der Waals surface area (Å²) >= 11 is 0. The summed E-state index contributed by atoms with van der Waals surface area (Å²) < 4.78 is 27.5. The van der Waals surface area contributed by atoms with Crippen molar-refractivity contribution in [2.45, 2.75) is 43.2 Å². The van der Waals surface area contributed by atoms with E-state index in [9.17, 15) is 30.3 Å². The van der Waals surface area contributed by atoms with Crippen molar-refractivity contribution in [1.82, 2.24) is 0 Å². The third kappa shape index (κ3) is 4.36. The molecule has 5 N–H and O–H groups in total. The first-order valence-corrected chi connectivity index (χ1v) is 10.5. The highest BCUT2D eigenvalue weighted by atomic mass is 16.7. The van der Waals surface area contributed by atoms with Crippen LogP contribution in [0.5, 0.6) is 28.7 Å². The van der Waals surface area contributed by atoms with Crippen LogP contribution in [0.25, 0.3) is 0 Å². The number of fused-ring (bicyclic) bond motifs is 1. The smallest absolute Gasteiger partial charge is 0.229 e. The number of aliphatic hydroxyl groups excluding tert-OH is 4. The van der Waals surface area contributed by atoms with E-state index in [1.807, 2.05) is 0 Å². The average molecular weight is 478 g/mol. The van der Waals surface area contributed by atoms with Gasteiger partial charge in [-0.25, -0.2) is 0 Å². The van der Waals surface area contributed by atoms with E-state index >= 15 is 0 Å². The third-order valence-electron chi connectivity index (χ3n) is 5.86. The van der Waals surface area contributed by atoms with Crippen LogP contribution in [0.1, 0.15) is 28.4 Å². The molecule has 0 bridgehead atoms. The lowest BCUT2D eigenvalue weighted by molar-refractivity contribution is -0.277. The van der Waals surface area contributed by atoms with Gasteiger partial charge in [0.05, 0.1) is 27.2 Å². The zero-order chi connectivity index (χ0) is 24.6. The SMILES string of the molecule is COc1cc2c(c(OC3OC(CO)C(O)C(O)C3O)c1)C(=O)CC(c1ccc(OC)c(O)c1)O2. The van der Waals surface area contributed by atoms with Gasteiger partial charge in [-0.05, 0) is 17.7 Å². The number of carbonyl (C=O) groups excluding carboxylic acids is 1. The Balaban J connectivity index is 1.65. The molecule has 0 radical (unpaired) electrons. The molecule has 184 valence electrons.